The molecule has 0 fully saturated rings. The second-order valence-corrected chi connectivity index (χ2v) is 0.900. The topological polar surface area (TPSA) is 98.1 Å². The van der Waals surface area contributed by atoms with Crippen LogP contribution < -0.4 is 0 Å². The summed E-state index contributed by atoms with van der Waals surface area (Å²) in [5.41, 5.74) is 0. The summed E-state index contributed by atoms with van der Waals surface area (Å²) in [6, 6.07) is 0. The SMILES string of the molecule is O=C(O)C(=O)N(O)O. The van der Waals surface area contributed by atoms with Crippen molar-refractivity contribution in [1.29, 1.82) is 0 Å². The number of hydroxylamine groups is 2. The van der Waals surface area contributed by atoms with Gasteiger partial charge in [0.2, 0.25) is 0 Å². The van der Waals surface area contributed by atoms with Crippen LogP contribution in [0.5, 0.6) is 0 Å². The van der Waals surface area contributed by atoms with E-state index >= 15 is 0 Å². The Balaban J connectivity index is 3.84. The summed E-state index contributed by atoms with van der Waals surface area (Å²) in [6.07, 6.45) is 0. The molecule has 0 heterocycles. The second kappa shape index (κ2) is 2.24. The molecule has 0 unspecified atom stereocenters. The number of amides is 1. The first-order valence-corrected chi connectivity index (χ1v) is 1.51. The molecular formula is C2H3NO5. The fourth-order valence-corrected chi connectivity index (χ4v) is 0.0855. The van der Waals surface area contributed by atoms with Crippen molar-refractivity contribution in [3.63, 3.8) is 0 Å². The molecule has 0 aromatic carbocycles. The minimum absolute atomic E-state index is 0.998. The molecule has 46 valence electrons. The molecule has 0 saturated heterocycles. The highest BCUT2D eigenvalue weighted by molar-refractivity contribution is 6.30. The van der Waals surface area contributed by atoms with E-state index in [0.717, 1.165) is 0 Å². The fourth-order valence-electron chi connectivity index (χ4n) is 0.0855. The first-order chi connectivity index (χ1) is 3.55. The molecule has 1 amide bonds. The highest BCUT2D eigenvalue weighted by atomic mass is 16.8. The van der Waals surface area contributed by atoms with Crippen LogP contribution in [0.1, 0.15) is 0 Å². The number of hydrogen-bond acceptors (Lipinski definition) is 4. The predicted molar refractivity (Wildman–Crippen MR) is 18.1 cm³/mol. The summed E-state index contributed by atoms with van der Waals surface area (Å²) in [4.78, 5) is 19.1. The molecule has 0 aliphatic rings. The molecular weight excluding hydrogens is 118 g/mol. The van der Waals surface area contributed by atoms with E-state index in [1.165, 1.54) is 0 Å². The summed E-state index contributed by atoms with van der Waals surface area (Å²) in [5.74, 6) is -3.71. The Morgan fingerprint density at radius 3 is 1.62 bits per heavy atom. The molecule has 0 atom stereocenters. The molecule has 0 radical (unpaired) electrons. The summed E-state index contributed by atoms with van der Waals surface area (Å²) < 4.78 is 0. The van der Waals surface area contributed by atoms with Crippen molar-refractivity contribution in [3.05, 3.63) is 0 Å². The lowest BCUT2D eigenvalue weighted by Gasteiger charge is -1.98. The van der Waals surface area contributed by atoms with Crippen molar-refractivity contribution in [3.8, 4) is 0 Å². The highest BCUT2D eigenvalue weighted by Crippen LogP contribution is 1.73. The van der Waals surface area contributed by atoms with Gasteiger partial charge in [-0.1, -0.05) is 5.23 Å². The van der Waals surface area contributed by atoms with Crippen molar-refractivity contribution in [2.24, 2.45) is 0 Å². The van der Waals surface area contributed by atoms with Gasteiger partial charge >= 0.3 is 11.9 Å². The molecule has 6 nitrogen and oxygen atoms in total. The van der Waals surface area contributed by atoms with Gasteiger partial charge in [-0.05, 0) is 0 Å². The van der Waals surface area contributed by atoms with Crippen molar-refractivity contribution in [1.82, 2.24) is 5.23 Å². The molecule has 0 aliphatic carbocycles. The normalized spacial score (nSPS) is 8.25. The van der Waals surface area contributed by atoms with Gasteiger partial charge in [0.15, 0.2) is 0 Å². The quantitative estimate of drug-likeness (QED) is 0.210. The van der Waals surface area contributed by atoms with E-state index < -0.39 is 17.1 Å². The zero-order valence-corrected chi connectivity index (χ0v) is 3.61. The Labute approximate surface area is 43.5 Å². The number of aliphatic carboxylic acids is 1. The average molecular weight is 121 g/mol. The second-order valence-electron chi connectivity index (χ2n) is 0.900. The highest BCUT2D eigenvalue weighted by Gasteiger charge is 2.16. The minimum atomic E-state index is -1.92. The lowest BCUT2D eigenvalue weighted by Crippen LogP contribution is -2.30. The van der Waals surface area contributed by atoms with E-state index in [9.17, 15) is 9.59 Å². The smallest absolute Gasteiger partial charge is 0.399 e. The Morgan fingerprint density at radius 1 is 1.25 bits per heavy atom. The number of carbonyl (C=O) groups is 2. The van der Waals surface area contributed by atoms with Gasteiger partial charge in [-0.2, -0.15) is 0 Å². The molecule has 0 aliphatic heterocycles. The van der Waals surface area contributed by atoms with Crippen LogP contribution in [-0.2, 0) is 9.59 Å². The van der Waals surface area contributed by atoms with Crippen LogP contribution in [0.15, 0.2) is 0 Å². The van der Waals surface area contributed by atoms with E-state index in [1.807, 2.05) is 0 Å². The van der Waals surface area contributed by atoms with Crippen LogP contribution in [0.3, 0.4) is 0 Å². The standard InChI is InChI=1S/C2H3NO5/c4-1(2(5)6)3(7)8/h7-8H,(H,5,6). The third-order valence-electron chi connectivity index (χ3n) is 0.365. The summed E-state index contributed by atoms with van der Waals surface area (Å²) in [6.45, 7) is 0. The van der Waals surface area contributed by atoms with Crippen LogP contribution in [-0.4, -0.2) is 32.6 Å². The summed E-state index contributed by atoms with van der Waals surface area (Å²) >= 11 is 0. The monoisotopic (exact) mass is 121 g/mol. The van der Waals surface area contributed by atoms with Crippen LogP contribution in [0.2, 0.25) is 0 Å². The van der Waals surface area contributed by atoms with E-state index in [0.29, 0.717) is 0 Å². The van der Waals surface area contributed by atoms with Gasteiger partial charge in [0.25, 0.3) is 0 Å². The predicted octanol–water partition coefficient (Wildman–Crippen LogP) is -1.32. The maximum Gasteiger partial charge on any atom is 0.399 e. The zero-order chi connectivity index (χ0) is 6.73. The Hall–Kier alpha value is -1.14. The van der Waals surface area contributed by atoms with E-state index in [1.54, 1.807) is 0 Å². The van der Waals surface area contributed by atoms with Crippen LogP contribution in [0.4, 0.5) is 0 Å². The fraction of sp³-hybridized carbons (Fsp3) is 0. The molecule has 8 heavy (non-hydrogen) atoms. The first kappa shape index (κ1) is 6.86. The molecule has 3 N–H and O–H groups in total. The Kier molecular flexibility index (Phi) is 1.92. The molecule has 0 rings (SSSR count). The lowest BCUT2D eigenvalue weighted by molar-refractivity contribution is -0.283. The minimum Gasteiger partial charge on any atom is -0.474 e. The number of hydrogen-bond donors (Lipinski definition) is 3. The molecule has 0 saturated carbocycles. The summed E-state index contributed by atoms with van der Waals surface area (Å²) in [5, 5.41) is 21.9. The van der Waals surface area contributed by atoms with Crippen molar-refractivity contribution >= 4 is 11.9 Å². The molecule has 6 heteroatoms. The van der Waals surface area contributed by atoms with Crippen LogP contribution >= 0.6 is 0 Å². The molecule has 0 aromatic heterocycles. The van der Waals surface area contributed by atoms with Gasteiger partial charge in [-0.25, -0.2) is 4.79 Å². The zero-order valence-electron chi connectivity index (χ0n) is 3.61. The first-order valence-electron chi connectivity index (χ1n) is 1.51. The maximum atomic E-state index is 9.67. The lowest BCUT2D eigenvalue weighted by atomic mass is 10.7. The van der Waals surface area contributed by atoms with Gasteiger partial charge in [-0.3, -0.25) is 15.2 Å². The molecule has 0 aromatic rings. The van der Waals surface area contributed by atoms with E-state index in [-0.39, 0.29) is 0 Å². The average Bonchev–Trinajstić information content (AvgIpc) is 1.64. The van der Waals surface area contributed by atoms with Gasteiger partial charge in [0.1, 0.15) is 0 Å². The van der Waals surface area contributed by atoms with Gasteiger partial charge < -0.3 is 5.11 Å². The number of rotatable bonds is 0. The van der Waals surface area contributed by atoms with Crippen molar-refractivity contribution < 1.29 is 25.1 Å². The van der Waals surface area contributed by atoms with Gasteiger partial charge in [0.05, 0.1) is 0 Å². The maximum absolute atomic E-state index is 9.67. The van der Waals surface area contributed by atoms with E-state index in [4.69, 9.17) is 15.5 Å². The van der Waals surface area contributed by atoms with Crippen molar-refractivity contribution in [2.75, 3.05) is 0 Å². The largest absolute Gasteiger partial charge is 0.474 e. The summed E-state index contributed by atoms with van der Waals surface area (Å²) in [7, 11) is 0. The van der Waals surface area contributed by atoms with Crippen LogP contribution in [0.25, 0.3) is 0 Å². The molecule has 0 bridgehead atoms. The van der Waals surface area contributed by atoms with Gasteiger partial charge in [-0.15, -0.1) is 0 Å². The van der Waals surface area contributed by atoms with Crippen molar-refractivity contribution in [2.45, 2.75) is 0 Å². The molecule has 0 spiro atoms. The Bertz CT molecular complexity index is 118. The van der Waals surface area contributed by atoms with Gasteiger partial charge in [0, 0.05) is 0 Å². The van der Waals surface area contributed by atoms with E-state index in [2.05, 4.69) is 0 Å². The van der Waals surface area contributed by atoms with Crippen LogP contribution in [0, 0.1) is 0 Å². The Morgan fingerprint density at radius 2 is 1.62 bits per heavy atom. The number of nitrogens with zero attached hydrogens (tertiary/aromatic N) is 1. The number of carboxylic acids is 1. The third-order valence-corrected chi connectivity index (χ3v) is 0.365. The number of carbonyl (C=O) groups excluding carboxylic acids is 1. The third kappa shape index (κ3) is 1.54. The number of carboxylic acid groups (broad SMARTS) is 1.